The molecule has 1 aromatic rings. The smallest absolute Gasteiger partial charge is 0.243 e. The van der Waals surface area contributed by atoms with Gasteiger partial charge in [-0.1, -0.05) is 6.07 Å². The molecule has 6 nitrogen and oxygen atoms in total. The quantitative estimate of drug-likeness (QED) is 0.763. The second-order valence-corrected chi connectivity index (χ2v) is 9.03. The molecule has 3 rings (SSSR count). The highest BCUT2D eigenvalue weighted by Crippen LogP contribution is 2.26. The summed E-state index contributed by atoms with van der Waals surface area (Å²) in [5.74, 6) is -0.461. The number of nitrogens with one attached hydrogen (secondary N) is 2. The molecular formula is C18H27ClFN3O3S. The third-order valence-corrected chi connectivity index (χ3v) is 7.27. The summed E-state index contributed by atoms with van der Waals surface area (Å²) < 4.78 is 41.0. The molecule has 1 amide bonds. The van der Waals surface area contributed by atoms with Gasteiger partial charge in [-0.3, -0.25) is 4.79 Å². The number of benzene rings is 1. The lowest BCUT2D eigenvalue weighted by molar-refractivity contribution is -0.123. The highest BCUT2D eigenvalue weighted by molar-refractivity contribution is 7.89. The zero-order valence-corrected chi connectivity index (χ0v) is 17.0. The average molecular weight is 420 g/mol. The van der Waals surface area contributed by atoms with Gasteiger partial charge in [-0.25, -0.2) is 12.8 Å². The molecular weight excluding hydrogens is 393 g/mol. The van der Waals surface area contributed by atoms with Gasteiger partial charge in [0.25, 0.3) is 0 Å². The molecule has 0 radical (unpaired) electrons. The molecule has 0 spiro atoms. The molecule has 2 unspecified atom stereocenters. The van der Waals surface area contributed by atoms with Gasteiger partial charge >= 0.3 is 0 Å². The highest BCUT2D eigenvalue weighted by atomic mass is 35.5. The molecule has 0 aromatic heterocycles. The third-order valence-electron chi connectivity index (χ3n) is 5.26. The van der Waals surface area contributed by atoms with Gasteiger partial charge in [0.1, 0.15) is 5.82 Å². The van der Waals surface area contributed by atoms with Gasteiger partial charge in [0.2, 0.25) is 15.9 Å². The van der Waals surface area contributed by atoms with E-state index in [9.17, 15) is 17.6 Å². The number of carbonyl (C=O) groups excluding carboxylic acids is 1. The Morgan fingerprint density at radius 3 is 2.81 bits per heavy atom. The Hall–Kier alpha value is -1.22. The van der Waals surface area contributed by atoms with Gasteiger partial charge < -0.3 is 10.6 Å². The van der Waals surface area contributed by atoms with Crippen molar-refractivity contribution in [1.82, 2.24) is 14.9 Å². The van der Waals surface area contributed by atoms with Crippen LogP contribution in [-0.2, 0) is 14.8 Å². The molecule has 0 aliphatic carbocycles. The number of piperidine rings is 1. The van der Waals surface area contributed by atoms with Crippen molar-refractivity contribution < 1.29 is 17.6 Å². The Morgan fingerprint density at radius 2 is 2.11 bits per heavy atom. The summed E-state index contributed by atoms with van der Waals surface area (Å²) in [6.45, 7) is 3.58. The molecule has 1 aromatic carbocycles. The zero-order chi connectivity index (χ0) is 18.7. The Morgan fingerprint density at radius 1 is 1.33 bits per heavy atom. The average Bonchev–Trinajstić information content (AvgIpc) is 3.17. The number of hydrogen-bond acceptors (Lipinski definition) is 4. The van der Waals surface area contributed by atoms with Gasteiger partial charge in [0.05, 0.1) is 10.9 Å². The molecule has 0 bridgehead atoms. The van der Waals surface area contributed by atoms with E-state index < -0.39 is 15.8 Å². The first-order valence-corrected chi connectivity index (χ1v) is 10.6. The summed E-state index contributed by atoms with van der Waals surface area (Å²) in [6, 6.07) is 4.00. The first-order valence-electron chi connectivity index (χ1n) is 9.16. The maximum atomic E-state index is 13.8. The van der Waals surface area contributed by atoms with E-state index in [0.29, 0.717) is 19.6 Å². The van der Waals surface area contributed by atoms with Crippen LogP contribution in [0.1, 0.15) is 31.2 Å². The van der Waals surface area contributed by atoms with Crippen LogP contribution in [0.3, 0.4) is 0 Å². The second kappa shape index (κ2) is 9.32. The Kier molecular flexibility index (Phi) is 7.62. The van der Waals surface area contributed by atoms with Crippen LogP contribution >= 0.6 is 12.4 Å². The van der Waals surface area contributed by atoms with Crippen molar-refractivity contribution in [3.63, 3.8) is 0 Å². The van der Waals surface area contributed by atoms with Crippen LogP contribution in [0.5, 0.6) is 0 Å². The lowest BCUT2D eigenvalue weighted by Crippen LogP contribution is -2.46. The first-order chi connectivity index (χ1) is 12.4. The zero-order valence-electron chi connectivity index (χ0n) is 15.4. The summed E-state index contributed by atoms with van der Waals surface area (Å²) in [5, 5.41) is 6.10. The Balaban J connectivity index is 0.00000261. The number of amides is 1. The predicted octanol–water partition coefficient (Wildman–Crippen LogP) is 1.82. The van der Waals surface area contributed by atoms with E-state index in [0.717, 1.165) is 32.2 Å². The molecule has 2 atom stereocenters. The van der Waals surface area contributed by atoms with Crippen LogP contribution in [-0.4, -0.2) is 50.9 Å². The molecule has 152 valence electrons. The molecule has 2 fully saturated rings. The van der Waals surface area contributed by atoms with Crippen molar-refractivity contribution in [2.75, 3.05) is 26.2 Å². The van der Waals surface area contributed by atoms with E-state index in [2.05, 4.69) is 10.6 Å². The van der Waals surface area contributed by atoms with Gasteiger partial charge in [-0.05, 0) is 57.2 Å². The molecule has 2 N–H and O–H groups in total. The van der Waals surface area contributed by atoms with Crippen LogP contribution in [0.4, 0.5) is 4.39 Å². The van der Waals surface area contributed by atoms with Crippen molar-refractivity contribution in [2.24, 2.45) is 5.92 Å². The van der Waals surface area contributed by atoms with Crippen molar-refractivity contribution in [3.8, 4) is 0 Å². The lowest BCUT2D eigenvalue weighted by atomic mass is 9.99. The molecule has 27 heavy (non-hydrogen) atoms. The van der Waals surface area contributed by atoms with E-state index in [4.69, 9.17) is 0 Å². The van der Waals surface area contributed by atoms with Crippen LogP contribution in [0, 0.1) is 18.7 Å². The molecule has 2 aliphatic rings. The third kappa shape index (κ3) is 4.99. The SMILES string of the molecule is Cc1c(F)cccc1S(=O)(=O)N1CCCC(CNC(=O)C2CCCN2)C1.Cl. The highest BCUT2D eigenvalue weighted by Gasteiger charge is 2.32. The first kappa shape index (κ1) is 22.1. The number of carbonyl (C=O) groups is 1. The minimum absolute atomic E-state index is 0. The predicted molar refractivity (Wildman–Crippen MR) is 104 cm³/mol. The lowest BCUT2D eigenvalue weighted by Gasteiger charge is -2.32. The summed E-state index contributed by atoms with van der Waals surface area (Å²) >= 11 is 0. The van der Waals surface area contributed by atoms with Gasteiger partial charge in [-0.2, -0.15) is 4.31 Å². The summed E-state index contributed by atoms with van der Waals surface area (Å²) in [7, 11) is -3.73. The van der Waals surface area contributed by atoms with Gasteiger partial charge in [-0.15, -0.1) is 12.4 Å². The van der Waals surface area contributed by atoms with Crippen LogP contribution in [0.2, 0.25) is 0 Å². The minimum atomic E-state index is -3.73. The van der Waals surface area contributed by atoms with E-state index in [1.54, 1.807) is 0 Å². The summed E-state index contributed by atoms with van der Waals surface area (Å²) in [6.07, 6.45) is 3.44. The topological polar surface area (TPSA) is 78.5 Å². The molecule has 9 heteroatoms. The molecule has 2 saturated heterocycles. The van der Waals surface area contributed by atoms with Crippen molar-refractivity contribution in [2.45, 2.75) is 43.5 Å². The number of halogens is 2. The monoisotopic (exact) mass is 419 g/mol. The van der Waals surface area contributed by atoms with Gasteiger partial charge in [0, 0.05) is 25.2 Å². The standard InChI is InChI=1S/C18H26FN3O3S.ClH/c1-13-15(19)6-2-8-17(13)26(24,25)22-10-4-5-14(12-22)11-21-18(23)16-7-3-9-20-16;/h2,6,8,14,16,20H,3-5,7,9-12H2,1H3,(H,21,23);1H. The molecule has 0 saturated carbocycles. The van der Waals surface area contributed by atoms with Crippen LogP contribution in [0.15, 0.2) is 23.1 Å². The number of nitrogens with zero attached hydrogens (tertiary/aromatic N) is 1. The van der Waals surface area contributed by atoms with E-state index in [-0.39, 0.29) is 40.7 Å². The fourth-order valence-corrected chi connectivity index (χ4v) is 5.48. The molecule has 2 heterocycles. The Labute approximate surface area is 166 Å². The van der Waals surface area contributed by atoms with Crippen molar-refractivity contribution >= 4 is 28.3 Å². The second-order valence-electron chi connectivity index (χ2n) is 7.13. The van der Waals surface area contributed by atoms with Gasteiger partial charge in [0.15, 0.2) is 0 Å². The van der Waals surface area contributed by atoms with Crippen LogP contribution < -0.4 is 10.6 Å². The number of rotatable bonds is 5. The summed E-state index contributed by atoms with van der Waals surface area (Å²) in [5.41, 5.74) is 0.148. The fourth-order valence-electron chi connectivity index (χ4n) is 3.69. The maximum Gasteiger partial charge on any atom is 0.243 e. The van der Waals surface area contributed by atoms with E-state index in [1.807, 2.05) is 0 Å². The van der Waals surface area contributed by atoms with Crippen molar-refractivity contribution in [1.29, 1.82) is 0 Å². The fraction of sp³-hybridized carbons (Fsp3) is 0.611. The Bertz CT molecular complexity index is 769. The maximum absolute atomic E-state index is 13.8. The largest absolute Gasteiger partial charge is 0.354 e. The van der Waals surface area contributed by atoms with Crippen molar-refractivity contribution in [3.05, 3.63) is 29.6 Å². The summed E-state index contributed by atoms with van der Waals surface area (Å²) in [4.78, 5) is 12.1. The van der Waals surface area contributed by atoms with E-state index in [1.165, 1.54) is 29.4 Å². The van der Waals surface area contributed by atoms with Crippen LogP contribution in [0.25, 0.3) is 0 Å². The van der Waals surface area contributed by atoms with E-state index >= 15 is 0 Å². The number of hydrogen-bond donors (Lipinski definition) is 2. The minimum Gasteiger partial charge on any atom is -0.354 e. The normalized spacial score (nSPS) is 23.6. The molecule has 2 aliphatic heterocycles. The number of sulfonamides is 1.